The van der Waals surface area contributed by atoms with Crippen LogP contribution in [0.5, 0.6) is 0 Å². The molecule has 6 nitrogen and oxygen atoms in total. The topological polar surface area (TPSA) is 101 Å². The van der Waals surface area contributed by atoms with Gasteiger partial charge in [-0.2, -0.15) is 8.42 Å². The third-order valence-corrected chi connectivity index (χ3v) is 8.40. The molecule has 41 heavy (non-hydrogen) atoms. The molecular formula is C30H42F4O6S. The molecule has 1 aromatic carbocycles. The Morgan fingerprint density at radius 3 is 1.93 bits per heavy atom. The molecule has 0 saturated heterocycles. The van der Waals surface area contributed by atoms with E-state index in [9.17, 15) is 30.8 Å². The minimum atomic E-state index is -3.46. The number of benzene rings is 1. The molecular weight excluding hydrogens is 564 g/mol. The summed E-state index contributed by atoms with van der Waals surface area (Å²) in [6.07, 6.45) is 11.2. The summed E-state index contributed by atoms with van der Waals surface area (Å²) in [4.78, 5) is 9.71. The van der Waals surface area contributed by atoms with Gasteiger partial charge in [0, 0.05) is 0 Å². The van der Waals surface area contributed by atoms with Crippen LogP contribution in [0.1, 0.15) is 88.7 Å². The van der Waals surface area contributed by atoms with Crippen molar-refractivity contribution < 1.29 is 45.2 Å². The van der Waals surface area contributed by atoms with Crippen LogP contribution in [-0.2, 0) is 25.5 Å². The molecule has 0 unspecified atom stereocenters. The second kappa shape index (κ2) is 13.1. The summed E-state index contributed by atoms with van der Waals surface area (Å²) in [5.74, 6) is -0.719. The van der Waals surface area contributed by atoms with Crippen LogP contribution in [0, 0.1) is 5.92 Å². The Morgan fingerprint density at radius 2 is 1.51 bits per heavy atom. The lowest BCUT2D eigenvalue weighted by Crippen LogP contribution is -2.14. The molecule has 0 aromatic heterocycles. The van der Waals surface area contributed by atoms with Crippen LogP contribution < -0.4 is 0 Å². The van der Waals surface area contributed by atoms with Crippen molar-refractivity contribution in [1.82, 2.24) is 0 Å². The van der Waals surface area contributed by atoms with E-state index in [0.717, 1.165) is 44.8 Å². The highest BCUT2D eigenvalue weighted by molar-refractivity contribution is 7.85. The highest BCUT2D eigenvalue weighted by atomic mass is 32.2. The van der Waals surface area contributed by atoms with Crippen molar-refractivity contribution in [2.75, 3.05) is 19.5 Å². The maximum atomic E-state index is 13.6. The number of rotatable bonds is 10. The predicted molar refractivity (Wildman–Crippen MR) is 149 cm³/mol. The molecule has 2 N–H and O–H groups in total. The van der Waals surface area contributed by atoms with E-state index in [-0.39, 0.29) is 26.1 Å². The molecule has 0 heterocycles. The smallest absolute Gasteiger partial charge is 0.341 e. The number of aliphatic carboxylic acids is 1. The van der Waals surface area contributed by atoms with E-state index < -0.39 is 38.8 Å². The molecule has 0 aliphatic heterocycles. The number of aliphatic hydroxyl groups is 1. The van der Waals surface area contributed by atoms with Crippen LogP contribution in [-0.4, -0.2) is 66.7 Å². The maximum absolute atomic E-state index is 13.6. The number of halogens is 4. The molecule has 1 aromatic rings. The molecule has 0 bridgehead atoms. The first-order chi connectivity index (χ1) is 19.0. The van der Waals surface area contributed by atoms with Gasteiger partial charge in [0.1, 0.15) is 23.6 Å². The van der Waals surface area contributed by atoms with Gasteiger partial charge in [-0.25, -0.2) is 22.4 Å². The number of fused-ring (bicyclic) bond motifs is 1. The summed E-state index contributed by atoms with van der Waals surface area (Å²) in [7, 11) is -3.46. The Morgan fingerprint density at radius 1 is 0.951 bits per heavy atom. The standard InChI is InChI=1S/C17H21F.C5H9FO3S.C4H5FO2.C4H7FO/c1-13(8-9-17(18)10-11-17)12-15-7-6-14-4-2-3-5-16(14)15;1-10(7,8)9-4-5(6)2-3-5;5-4(1-2-4)3(6)7;5-4(3-6)1-2-4/h2-5,7,13H,6,8-12H2,1H3;2-4H2,1H3;1-2H2,(H,6,7);6H,1-3H2/t13-;;;/m0.../s1. The Bertz CT molecular complexity index is 1190. The number of hydrogen-bond acceptors (Lipinski definition) is 5. The van der Waals surface area contributed by atoms with E-state index in [1.54, 1.807) is 0 Å². The van der Waals surface area contributed by atoms with Gasteiger partial charge in [-0.3, -0.25) is 4.18 Å². The molecule has 5 aliphatic rings. The van der Waals surface area contributed by atoms with Gasteiger partial charge in [0.05, 0.1) is 12.9 Å². The molecule has 4 fully saturated rings. The first kappa shape index (κ1) is 33.5. The zero-order chi connectivity index (χ0) is 30.5. The van der Waals surface area contributed by atoms with E-state index in [1.165, 1.54) is 16.7 Å². The van der Waals surface area contributed by atoms with Gasteiger partial charge in [0.15, 0.2) is 0 Å². The highest BCUT2D eigenvalue weighted by Gasteiger charge is 2.51. The summed E-state index contributed by atoms with van der Waals surface area (Å²) in [5, 5.41) is 16.0. The fourth-order valence-corrected chi connectivity index (χ4v) is 4.45. The molecule has 4 saturated carbocycles. The SMILES string of the molecule is CS(=O)(=O)OCC1(F)CC1.C[C@@H](CCC1(F)CC1)CC1=CCc2ccccc21.O=C(O)C1(F)CC1.OCC1(F)CC1. The van der Waals surface area contributed by atoms with E-state index in [4.69, 9.17) is 10.2 Å². The van der Waals surface area contributed by atoms with Gasteiger partial charge >= 0.3 is 5.97 Å². The predicted octanol–water partition coefficient (Wildman–Crippen LogP) is 6.45. The van der Waals surface area contributed by atoms with Crippen LogP contribution in [0.4, 0.5) is 17.6 Å². The summed E-state index contributed by atoms with van der Waals surface area (Å²) >= 11 is 0. The summed E-state index contributed by atoms with van der Waals surface area (Å²) < 4.78 is 75.1. The summed E-state index contributed by atoms with van der Waals surface area (Å²) in [6.45, 7) is 1.66. The Hall–Kier alpha value is -1.98. The largest absolute Gasteiger partial charge is 0.479 e. The maximum Gasteiger partial charge on any atom is 0.341 e. The lowest BCUT2D eigenvalue weighted by molar-refractivity contribution is -0.144. The lowest BCUT2D eigenvalue weighted by atomic mass is 9.92. The van der Waals surface area contributed by atoms with Crippen LogP contribution in [0.15, 0.2) is 30.3 Å². The first-order valence-corrected chi connectivity index (χ1v) is 16.0. The Balaban J connectivity index is 0.000000169. The number of allylic oxidation sites excluding steroid dienone is 2. The van der Waals surface area contributed by atoms with Crippen molar-refractivity contribution >= 4 is 21.7 Å². The average molecular weight is 607 g/mol. The summed E-state index contributed by atoms with van der Waals surface area (Å²) in [6, 6.07) is 8.66. The van der Waals surface area contributed by atoms with Crippen molar-refractivity contribution in [2.45, 2.75) is 107 Å². The van der Waals surface area contributed by atoms with Crippen LogP contribution in [0.2, 0.25) is 0 Å². The van der Waals surface area contributed by atoms with Crippen molar-refractivity contribution in [1.29, 1.82) is 0 Å². The molecule has 0 radical (unpaired) electrons. The Kier molecular flexibility index (Phi) is 10.7. The van der Waals surface area contributed by atoms with Crippen molar-refractivity contribution in [2.24, 2.45) is 5.92 Å². The zero-order valence-electron chi connectivity index (χ0n) is 23.8. The van der Waals surface area contributed by atoms with E-state index in [2.05, 4.69) is 41.4 Å². The highest BCUT2D eigenvalue weighted by Crippen LogP contribution is 2.45. The van der Waals surface area contributed by atoms with Gasteiger partial charge in [0.25, 0.3) is 10.1 Å². The number of alkyl halides is 4. The average Bonchev–Trinajstić information content (AvgIpc) is 3.79. The van der Waals surface area contributed by atoms with E-state index in [0.29, 0.717) is 31.6 Å². The van der Waals surface area contributed by atoms with Gasteiger partial charge in [-0.1, -0.05) is 37.3 Å². The van der Waals surface area contributed by atoms with E-state index in [1.807, 2.05) is 0 Å². The monoisotopic (exact) mass is 606 g/mol. The van der Waals surface area contributed by atoms with Crippen LogP contribution in [0.3, 0.4) is 0 Å². The van der Waals surface area contributed by atoms with Crippen LogP contribution in [0.25, 0.3) is 5.57 Å². The quantitative estimate of drug-likeness (QED) is 0.235. The summed E-state index contributed by atoms with van der Waals surface area (Å²) in [5.41, 5.74) is -0.768. The molecule has 0 spiro atoms. The van der Waals surface area contributed by atoms with Crippen LogP contribution >= 0.6 is 0 Å². The molecule has 5 aliphatic carbocycles. The Labute approximate surface area is 240 Å². The fourth-order valence-electron chi connectivity index (χ4n) is 4.03. The lowest BCUT2D eigenvalue weighted by Gasteiger charge is -2.14. The van der Waals surface area contributed by atoms with Gasteiger partial charge in [0.2, 0.25) is 5.67 Å². The number of carboxylic acids is 1. The molecule has 11 heteroatoms. The van der Waals surface area contributed by atoms with E-state index >= 15 is 0 Å². The van der Waals surface area contributed by atoms with Crippen molar-refractivity contribution in [3.05, 3.63) is 41.5 Å². The number of hydrogen-bond donors (Lipinski definition) is 2. The minimum Gasteiger partial charge on any atom is -0.479 e. The zero-order valence-corrected chi connectivity index (χ0v) is 24.6. The normalized spacial score (nSPS) is 23.0. The third kappa shape index (κ3) is 12.0. The second-order valence-electron chi connectivity index (χ2n) is 12.3. The number of aliphatic hydroxyl groups excluding tert-OH is 1. The molecule has 1 atom stereocenters. The molecule has 0 amide bonds. The van der Waals surface area contributed by atoms with Gasteiger partial charge in [-0.15, -0.1) is 0 Å². The molecule has 6 rings (SSSR count). The molecule has 232 valence electrons. The van der Waals surface area contributed by atoms with Gasteiger partial charge < -0.3 is 10.2 Å². The first-order valence-electron chi connectivity index (χ1n) is 14.2. The number of carbonyl (C=O) groups is 1. The fraction of sp³-hybridized carbons (Fsp3) is 0.700. The second-order valence-corrected chi connectivity index (χ2v) is 13.9. The van der Waals surface area contributed by atoms with Gasteiger partial charge in [-0.05, 0) is 99.7 Å². The minimum absolute atomic E-state index is 0.197. The number of carboxylic acid groups (broad SMARTS) is 1. The van der Waals surface area contributed by atoms with Crippen molar-refractivity contribution in [3.8, 4) is 0 Å². The van der Waals surface area contributed by atoms with Crippen molar-refractivity contribution in [3.63, 3.8) is 0 Å². The third-order valence-electron chi connectivity index (χ3n) is 7.85.